The Hall–Kier alpha value is -3.15. The summed E-state index contributed by atoms with van der Waals surface area (Å²) in [6, 6.07) is 15.6. The van der Waals surface area contributed by atoms with Crippen molar-refractivity contribution in [1.29, 1.82) is 0 Å². The van der Waals surface area contributed by atoms with Crippen LogP contribution in [0.15, 0.2) is 48.5 Å². The van der Waals surface area contributed by atoms with Gasteiger partial charge in [-0.25, -0.2) is 0 Å². The Morgan fingerprint density at radius 1 is 0.903 bits per heavy atom. The van der Waals surface area contributed by atoms with E-state index >= 15 is 0 Å². The van der Waals surface area contributed by atoms with Gasteiger partial charge in [0.05, 0.1) is 13.2 Å². The SMILES string of the molecule is CCOC(=O)C1(C(=O)OCC)Cc2ccccc2[C@]2(CN(C(C)=O)c3ccccc32)C1. The Kier molecular flexibility index (Phi) is 5.33. The van der Waals surface area contributed by atoms with Crippen molar-refractivity contribution in [1.82, 2.24) is 0 Å². The number of fused-ring (bicyclic) bond motifs is 4. The van der Waals surface area contributed by atoms with Crippen molar-refractivity contribution in [3.8, 4) is 0 Å². The molecule has 0 aromatic heterocycles. The van der Waals surface area contributed by atoms with E-state index in [1.165, 1.54) is 6.92 Å². The summed E-state index contributed by atoms with van der Waals surface area (Å²) in [6.45, 7) is 5.70. The first kappa shape index (κ1) is 21.1. The van der Waals surface area contributed by atoms with E-state index in [1.807, 2.05) is 48.5 Å². The lowest BCUT2D eigenvalue weighted by molar-refractivity contribution is -0.174. The highest BCUT2D eigenvalue weighted by Crippen LogP contribution is 2.56. The van der Waals surface area contributed by atoms with Gasteiger partial charge in [-0.2, -0.15) is 0 Å². The van der Waals surface area contributed by atoms with Crippen LogP contribution in [0.3, 0.4) is 0 Å². The summed E-state index contributed by atoms with van der Waals surface area (Å²) < 4.78 is 10.8. The molecule has 2 aromatic rings. The summed E-state index contributed by atoms with van der Waals surface area (Å²) in [5, 5.41) is 0. The van der Waals surface area contributed by atoms with Crippen molar-refractivity contribution in [2.45, 2.75) is 39.0 Å². The van der Waals surface area contributed by atoms with Crippen molar-refractivity contribution < 1.29 is 23.9 Å². The maximum atomic E-state index is 13.3. The van der Waals surface area contributed by atoms with E-state index < -0.39 is 22.8 Å². The van der Waals surface area contributed by atoms with Crippen LogP contribution in [0, 0.1) is 5.41 Å². The predicted molar refractivity (Wildman–Crippen MR) is 116 cm³/mol. The summed E-state index contributed by atoms with van der Waals surface area (Å²) in [4.78, 5) is 40.9. The van der Waals surface area contributed by atoms with Gasteiger partial charge in [0.2, 0.25) is 5.91 Å². The van der Waals surface area contributed by atoms with Crippen molar-refractivity contribution in [3.63, 3.8) is 0 Å². The number of esters is 2. The summed E-state index contributed by atoms with van der Waals surface area (Å²) in [6.07, 6.45) is 0.403. The van der Waals surface area contributed by atoms with E-state index in [9.17, 15) is 14.4 Å². The molecule has 1 amide bonds. The molecule has 0 saturated carbocycles. The number of ether oxygens (including phenoxy) is 2. The van der Waals surface area contributed by atoms with Crippen LogP contribution in [-0.2, 0) is 35.7 Å². The zero-order valence-electron chi connectivity index (χ0n) is 18.1. The minimum atomic E-state index is -1.47. The molecule has 0 unspecified atom stereocenters. The lowest BCUT2D eigenvalue weighted by atomic mass is 9.57. The normalized spacial score (nSPS) is 20.7. The molecule has 0 fully saturated rings. The highest BCUT2D eigenvalue weighted by Gasteiger charge is 2.61. The molecule has 0 radical (unpaired) electrons. The molecule has 2 aromatic carbocycles. The largest absolute Gasteiger partial charge is 0.465 e. The second kappa shape index (κ2) is 7.84. The molecule has 162 valence electrons. The van der Waals surface area contributed by atoms with E-state index in [0.29, 0.717) is 6.54 Å². The van der Waals surface area contributed by atoms with Crippen LogP contribution in [0.25, 0.3) is 0 Å². The number of carbonyl (C=O) groups excluding carboxylic acids is 3. The van der Waals surface area contributed by atoms with Crippen molar-refractivity contribution in [2.24, 2.45) is 5.41 Å². The van der Waals surface area contributed by atoms with Crippen LogP contribution in [0.4, 0.5) is 5.69 Å². The number of rotatable bonds is 4. The second-order valence-electron chi connectivity index (χ2n) is 8.24. The molecule has 1 heterocycles. The maximum Gasteiger partial charge on any atom is 0.323 e. The Bertz CT molecular complexity index is 1030. The Labute approximate surface area is 182 Å². The number of benzene rings is 2. The molecule has 4 rings (SSSR count). The third-order valence-corrected chi connectivity index (χ3v) is 6.48. The Morgan fingerprint density at radius 2 is 1.48 bits per heavy atom. The second-order valence-corrected chi connectivity index (χ2v) is 8.24. The topological polar surface area (TPSA) is 72.9 Å². The molecule has 6 heteroatoms. The van der Waals surface area contributed by atoms with Crippen LogP contribution >= 0.6 is 0 Å². The van der Waals surface area contributed by atoms with Gasteiger partial charge < -0.3 is 14.4 Å². The minimum absolute atomic E-state index is 0.0785. The van der Waals surface area contributed by atoms with Crippen LogP contribution in [0.2, 0.25) is 0 Å². The summed E-state index contributed by atoms with van der Waals surface area (Å²) >= 11 is 0. The minimum Gasteiger partial charge on any atom is -0.465 e. The van der Waals surface area contributed by atoms with E-state index in [4.69, 9.17) is 9.47 Å². The first-order chi connectivity index (χ1) is 14.9. The number of hydrogen-bond acceptors (Lipinski definition) is 5. The van der Waals surface area contributed by atoms with E-state index in [1.54, 1.807) is 18.7 Å². The molecular weight excluding hydrogens is 394 g/mol. The highest BCUT2D eigenvalue weighted by atomic mass is 16.6. The van der Waals surface area contributed by atoms with Crippen molar-refractivity contribution in [3.05, 3.63) is 65.2 Å². The summed E-state index contributed by atoms with van der Waals surface area (Å²) in [5.41, 5.74) is 1.51. The maximum absolute atomic E-state index is 13.3. The zero-order valence-corrected chi connectivity index (χ0v) is 18.1. The van der Waals surface area contributed by atoms with E-state index in [2.05, 4.69) is 0 Å². The van der Waals surface area contributed by atoms with Crippen LogP contribution in [0.5, 0.6) is 0 Å². The fourth-order valence-electron chi connectivity index (χ4n) is 5.27. The van der Waals surface area contributed by atoms with Gasteiger partial charge in [-0.15, -0.1) is 0 Å². The first-order valence-electron chi connectivity index (χ1n) is 10.7. The van der Waals surface area contributed by atoms with Gasteiger partial charge in [0.15, 0.2) is 5.41 Å². The molecule has 31 heavy (non-hydrogen) atoms. The molecule has 0 saturated heterocycles. The third-order valence-electron chi connectivity index (χ3n) is 6.48. The number of anilines is 1. The molecule has 1 atom stereocenters. The Balaban J connectivity index is 1.98. The number of nitrogens with zero attached hydrogens (tertiary/aromatic N) is 1. The van der Waals surface area contributed by atoms with Gasteiger partial charge in [0, 0.05) is 24.6 Å². The lowest BCUT2D eigenvalue weighted by Gasteiger charge is -2.44. The number of amides is 1. The molecule has 1 aliphatic heterocycles. The van der Waals surface area contributed by atoms with Gasteiger partial charge >= 0.3 is 11.9 Å². The van der Waals surface area contributed by atoms with E-state index in [0.717, 1.165) is 22.4 Å². The molecule has 2 aliphatic rings. The Morgan fingerprint density at radius 3 is 2.10 bits per heavy atom. The van der Waals surface area contributed by atoms with Gasteiger partial charge in [-0.05, 0) is 49.4 Å². The number of carbonyl (C=O) groups is 3. The average Bonchev–Trinajstić information content (AvgIpc) is 3.09. The molecular formula is C25H27NO5. The van der Waals surface area contributed by atoms with Crippen LogP contribution in [-0.4, -0.2) is 37.6 Å². The van der Waals surface area contributed by atoms with Gasteiger partial charge in [0.1, 0.15) is 0 Å². The highest BCUT2D eigenvalue weighted by molar-refractivity contribution is 6.02. The monoisotopic (exact) mass is 421 g/mol. The van der Waals surface area contributed by atoms with Gasteiger partial charge in [0.25, 0.3) is 0 Å². The summed E-state index contributed by atoms with van der Waals surface area (Å²) in [7, 11) is 0. The standard InChI is InChI=1S/C25H27NO5/c1-4-30-22(28)24(23(29)31-5-2)14-18-10-6-7-11-19(18)25(15-24)16-26(17(3)27)21-13-9-8-12-20(21)25/h6-13H,4-5,14-16H2,1-3H3/t25-/m1/s1. The predicted octanol–water partition coefficient (Wildman–Crippen LogP) is 3.40. The first-order valence-corrected chi connectivity index (χ1v) is 10.7. The molecule has 0 N–H and O–H groups in total. The van der Waals surface area contributed by atoms with Crippen LogP contribution in [0.1, 0.15) is 43.9 Å². The zero-order chi connectivity index (χ0) is 22.2. The third kappa shape index (κ3) is 3.12. The number of para-hydroxylation sites is 1. The molecule has 6 nitrogen and oxygen atoms in total. The quantitative estimate of drug-likeness (QED) is 0.559. The van der Waals surface area contributed by atoms with Gasteiger partial charge in [-0.3, -0.25) is 14.4 Å². The lowest BCUT2D eigenvalue weighted by Crippen LogP contribution is -2.54. The molecule has 0 bridgehead atoms. The van der Waals surface area contributed by atoms with Crippen molar-refractivity contribution in [2.75, 3.05) is 24.7 Å². The molecule has 1 spiro atoms. The van der Waals surface area contributed by atoms with Gasteiger partial charge in [-0.1, -0.05) is 42.5 Å². The van der Waals surface area contributed by atoms with E-state index in [-0.39, 0.29) is 32.0 Å². The fourth-order valence-corrected chi connectivity index (χ4v) is 5.27. The smallest absolute Gasteiger partial charge is 0.323 e. The average molecular weight is 421 g/mol. The summed E-state index contributed by atoms with van der Waals surface area (Å²) in [5.74, 6) is -1.22. The number of hydrogen-bond donors (Lipinski definition) is 0. The van der Waals surface area contributed by atoms with Crippen molar-refractivity contribution >= 4 is 23.5 Å². The fraction of sp³-hybridized carbons (Fsp3) is 0.400. The van der Waals surface area contributed by atoms with Crippen LogP contribution < -0.4 is 4.90 Å². The molecule has 1 aliphatic carbocycles.